The molecule has 2 amide bonds. The highest BCUT2D eigenvalue weighted by molar-refractivity contribution is 5.98. The highest BCUT2D eigenvalue weighted by Gasteiger charge is 2.24. The van der Waals surface area contributed by atoms with Gasteiger partial charge < -0.3 is 15.1 Å². The third-order valence-corrected chi connectivity index (χ3v) is 4.42. The van der Waals surface area contributed by atoms with E-state index in [2.05, 4.69) is 15.2 Å². The number of amides is 2. The number of pyridine rings is 1. The van der Waals surface area contributed by atoms with Crippen molar-refractivity contribution in [1.82, 2.24) is 15.2 Å². The standard InChI is InChI=1S/C20H23FN4O2/c1-14(2)23-19(26)15-7-8-22-18(13-15)20(27)25-11-9-24(10-12-25)17-5-3-16(21)4-6-17/h3-8,13-14H,9-12H2,1-2H3,(H,23,26). The number of hydrogen-bond acceptors (Lipinski definition) is 4. The molecular formula is C20H23FN4O2. The first-order valence-electron chi connectivity index (χ1n) is 9.01. The fraction of sp³-hybridized carbons (Fsp3) is 0.350. The summed E-state index contributed by atoms with van der Waals surface area (Å²) in [5, 5.41) is 2.81. The van der Waals surface area contributed by atoms with Crippen molar-refractivity contribution < 1.29 is 14.0 Å². The fourth-order valence-corrected chi connectivity index (χ4v) is 3.02. The topological polar surface area (TPSA) is 65.5 Å². The van der Waals surface area contributed by atoms with Crippen LogP contribution in [-0.2, 0) is 0 Å². The van der Waals surface area contributed by atoms with E-state index in [0.717, 1.165) is 5.69 Å². The average Bonchev–Trinajstić information content (AvgIpc) is 2.68. The maximum atomic E-state index is 13.1. The first kappa shape index (κ1) is 18.8. The highest BCUT2D eigenvalue weighted by Crippen LogP contribution is 2.18. The molecule has 2 aromatic rings. The van der Waals surface area contributed by atoms with Crippen molar-refractivity contribution in [2.45, 2.75) is 19.9 Å². The van der Waals surface area contributed by atoms with Gasteiger partial charge in [-0.25, -0.2) is 4.39 Å². The van der Waals surface area contributed by atoms with Crippen molar-refractivity contribution >= 4 is 17.5 Å². The third-order valence-electron chi connectivity index (χ3n) is 4.42. The molecule has 0 aliphatic carbocycles. The molecule has 1 N–H and O–H groups in total. The van der Waals surface area contributed by atoms with Gasteiger partial charge in [0.05, 0.1) is 0 Å². The lowest BCUT2D eigenvalue weighted by Crippen LogP contribution is -2.49. The molecule has 1 aromatic heterocycles. The Kier molecular flexibility index (Phi) is 5.69. The minimum atomic E-state index is -0.264. The van der Waals surface area contributed by atoms with Gasteiger partial charge in [0.15, 0.2) is 0 Å². The van der Waals surface area contributed by atoms with Crippen LogP contribution in [0.25, 0.3) is 0 Å². The molecular weight excluding hydrogens is 347 g/mol. The quantitative estimate of drug-likeness (QED) is 0.897. The normalized spacial score (nSPS) is 14.4. The van der Waals surface area contributed by atoms with Crippen molar-refractivity contribution in [2.24, 2.45) is 0 Å². The first-order valence-corrected chi connectivity index (χ1v) is 9.01. The summed E-state index contributed by atoms with van der Waals surface area (Å²) >= 11 is 0. The van der Waals surface area contributed by atoms with E-state index in [1.807, 2.05) is 13.8 Å². The molecule has 0 saturated carbocycles. The molecule has 1 aromatic carbocycles. The zero-order valence-electron chi connectivity index (χ0n) is 15.5. The highest BCUT2D eigenvalue weighted by atomic mass is 19.1. The van der Waals surface area contributed by atoms with Crippen LogP contribution >= 0.6 is 0 Å². The summed E-state index contributed by atoms with van der Waals surface area (Å²) in [5.41, 5.74) is 1.63. The molecule has 0 atom stereocenters. The van der Waals surface area contributed by atoms with Gasteiger partial charge in [-0.3, -0.25) is 14.6 Å². The predicted octanol–water partition coefficient (Wildman–Crippen LogP) is 2.32. The molecule has 2 heterocycles. The number of carbonyl (C=O) groups is 2. The van der Waals surface area contributed by atoms with Gasteiger partial charge >= 0.3 is 0 Å². The number of aromatic nitrogens is 1. The van der Waals surface area contributed by atoms with Crippen LogP contribution in [0.15, 0.2) is 42.6 Å². The average molecular weight is 370 g/mol. The Bertz CT molecular complexity index is 815. The maximum Gasteiger partial charge on any atom is 0.272 e. The summed E-state index contributed by atoms with van der Waals surface area (Å²) in [6.07, 6.45) is 1.48. The Morgan fingerprint density at radius 1 is 1.07 bits per heavy atom. The van der Waals surface area contributed by atoms with Gasteiger partial charge in [0, 0.05) is 49.7 Å². The Labute approximate surface area is 158 Å². The van der Waals surface area contributed by atoms with Crippen LogP contribution in [0.5, 0.6) is 0 Å². The molecule has 1 aliphatic rings. The zero-order chi connectivity index (χ0) is 19.4. The van der Waals surface area contributed by atoms with Crippen LogP contribution in [0, 0.1) is 5.82 Å². The summed E-state index contributed by atoms with van der Waals surface area (Å²) in [6.45, 7) is 6.16. The largest absolute Gasteiger partial charge is 0.368 e. The molecule has 1 saturated heterocycles. The van der Waals surface area contributed by atoms with Crippen molar-refractivity contribution in [2.75, 3.05) is 31.1 Å². The number of nitrogens with one attached hydrogen (secondary N) is 1. The molecule has 0 unspecified atom stereocenters. The molecule has 0 radical (unpaired) electrons. The number of halogens is 1. The second-order valence-electron chi connectivity index (χ2n) is 6.81. The molecule has 0 bridgehead atoms. The Hall–Kier alpha value is -2.96. The zero-order valence-corrected chi connectivity index (χ0v) is 15.5. The number of hydrogen-bond donors (Lipinski definition) is 1. The molecule has 27 heavy (non-hydrogen) atoms. The third kappa shape index (κ3) is 4.61. The minimum absolute atomic E-state index is 0.0179. The molecule has 142 valence electrons. The van der Waals surface area contributed by atoms with Crippen LogP contribution in [0.1, 0.15) is 34.7 Å². The number of nitrogens with zero attached hydrogens (tertiary/aromatic N) is 3. The summed E-state index contributed by atoms with van der Waals surface area (Å²) in [5.74, 6) is -0.671. The van der Waals surface area contributed by atoms with Crippen LogP contribution in [-0.4, -0.2) is 53.9 Å². The monoisotopic (exact) mass is 370 g/mol. The van der Waals surface area contributed by atoms with E-state index in [9.17, 15) is 14.0 Å². The SMILES string of the molecule is CC(C)NC(=O)c1ccnc(C(=O)N2CCN(c3ccc(F)cc3)CC2)c1. The molecule has 7 heteroatoms. The molecule has 6 nitrogen and oxygen atoms in total. The molecule has 0 spiro atoms. The minimum Gasteiger partial charge on any atom is -0.368 e. The predicted molar refractivity (Wildman–Crippen MR) is 101 cm³/mol. The van der Waals surface area contributed by atoms with E-state index >= 15 is 0 Å². The number of carbonyl (C=O) groups excluding carboxylic acids is 2. The van der Waals surface area contributed by atoms with Crippen LogP contribution in [0.3, 0.4) is 0 Å². The van der Waals surface area contributed by atoms with Crippen LogP contribution < -0.4 is 10.2 Å². The number of rotatable bonds is 4. The number of anilines is 1. The van der Waals surface area contributed by atoms with E-state index in [4.69, 9.17) is 0 Å². The van der Waals surface area contributed by atoms with Crippen molar-refractivity contribution in [3.8, 4) is 0 Å². The second-order valence-corrected chi connectivity index (χ2v) is 6.81. The van der Waals surface area contributed by atoms with Gasteiger partial charge in [-0.2, -0.15) is 0 Å². The molecule has 3 rings (SSSR count). The van der Waals surface area contributed by atoms with E-state index < -0.39 is 0 Å². The number of benzene rings is 1. The molecule has 1 fully saturated rings. The van der Waals surface area contributed by atoms with Crippen molar-refractivity contribution in [3.63, 3.8) is 0 Å². The molecule has 1 aliphatic heterocycles. The lowest BCUT2D eigenvalue weighted by molar-refractivity contribution is 0.0741. The lowest BCUT2D eigenvalue weighted by Gasteiger charge is -2.36. The Morgan fingerprint density at radius 3 is 2.37 bits per heavy atom. The van der Waals surface area contributed by atoms with Gasteiger partial charge in [-0.15, -0.1) is 0 Å². The fourth-order valence-electron chi connectivity index (χ4n) is 3.02. The number of piperazine rings is 1. The summed E-state index contributed by atoms with van der Waals surface area (Å²) in [6, 6.07) is 9.50. The first-order chi connectivity index (χ1) is 12.9. The van der Waals surface area contributed by atoms with Crippen LogP contribution in [0.4, 0.5) is 10.1 Å². The van der Waals surface area contributed by atoms with Crippen molar-refractivity contribution in [1.29, 1.82) is 0 Å². The Morgan fingerprint density at radius 2 is 1.74 bits per heavy atom. The second kappa shape index (κ2) is 8.16. The van der Waals surface area contributed by atoms with Crippen molar-refractivity contribution in [3.05, 3.63) is 59.7 Å². The smallest absolute Gasteiger partial charge is 0.272 e. The van der Waals surface area contributed by atoms with E-state index in [-0.39, 0.29) is 29.4 Å². The van der Waals surface area contributed by atoms with E-state index in [0.29, 0.717) is 31.7 Å². The van der Waals surface area contributed by atoms with Gasteiger partial charge in [-0.05, 0) is 50.2 Å². The van der Waals surface area contributed by atoms with E-state index in [1.54, 1.807) is 23.1 Å². The van der Waals surface area contributed by atoms with Gasteiger partial charge in [-0.1, -0.05) is 0 Å². The van der Waals surface area contributed by atoms with Gasteiger partial charge in [0.1, 0.15) is 11.5 Å². The van der Waals surface area contributed by atoms with Gasteiger partial charge in [0.2, 0.25) is 0 Å². The summed E-state index contributed by atoms with van der Waals surface area (Å²) in [4.78, 5) is 32.9. The summed E-state index contributed by atoms with van der Waals surface area (Å²) in [7, 11) is 0. The van der Waals surface area contributed by atoms with Crippen LogP contribution in [0.2, 0.25) is 0 Å². The maximum absolute atomic E-state index is 13.1. The van der Waals surface area contributed by atoms with E-state index in [1.165, 1.54) is 24.4 Å². The van der Waals surface area contributed by atoms with Gasteiger partial charge in [0.25, 0.3) is 11.8 Å². The Balaban J connectivity index is 1.64. The summed E-state index contributed by atoms with van der Waals surface area (Å²) < 4.78 is 13.1. The lowest BCUT2D eigenvalue weighted by atomic mass is 10.1.